The Hall–Kier alpha value is -2.96. The van der Waals surface area contributed by atoms with E-state index in [-0.39, 0.29) is 5.56 Å². The van der Waals surface area contributed by atoms with Gasteiger partial charge in [0.2, 0.25) is 0 Å². The molecule has 32 heavy (non-hydrogen) atoms. The monoisotopic (exact) mass is 450 g/mol. The van der Waals surface area contributed by atoms with Gasteiger partial charge in [-0.15, -0.1) is 13.2 Å². The molecule has 0 saturated heterocycles. The second-order valence-corrected chi connectivity index (χ2v) is 7.96. The maximum absolute atomic E-state index is 14.8. The molecule has 0 bridgehead atoms. The van der Waals surface area contributed by atoms with Crippen LogP contribution in [0.4, 0.5) is 26.3 Å². The third-order valence-corrected chi connectivity index (χ3v) is 5.81. The van der Waals surface area contributed by atoms with Crippen LogP contribution in [0.15, 0.2) is 54.6 Å². The molecule has 4 rings (SSSR count). The lowest BCUT2D eigenvalue weighted by atomic mass is 9.83. The molecule has 168 valence electrons. The summed E-state index contributed by atoms with van der Waals surface area (Å²) in [5, 5.41) is 0. The molecule has 0 atom stereocenters. The van der Waals surface area contributed by atoms with Crippen molar-refractivity contribution in [1.29, 1.82) is 0 Å². The van der Waals surface area contributed by atoms with Crippen LogP contribution in [0.2, 0.25) is 0 Å². The lowest BCUT2D eigenvalue weighted by Gasteiger charge is -2.22. The van der Waals surface area contributed by atoms with Crippen molar-refractivity contribution in [2.24, 2.45) is 0 Å². The minimum absolute atomic E-state index is 0.230. The van der Waals surface area contributed by atoms with Gasteiger partial charge in [-0.1, -0.05) is 49.6 Å². The molecule has 1 fully saturated rings. The quantitative estimate of drug-likeness (QED) is 0.363. The molecule has 0 unspecified atom stereocenters. The highest BCUT2D eigenvalue weighted by molar-refractivity contribution is 5.72. The molecule has 1 saturated carbocycles. The van der Waals surface area contributed by atoms with Gasteiger partial charge in [-0.25, -0.2) is 13.2 Å². The van der Waals surface area contributed by atoms with Gasteiger partial charge in [0.1, 0.15) is 11.6 Å². The number of halogens is 6. The minimum Gasteiger partial charge on any atom is -0.403 e. The summed E-state index contributed by atoms with van der Waals surface area (Å²) in [5.41, 5.74) is 1.41. The molecule has 7 heteroatoms. The predicted molar refractivity (Wildman–Crippen MR) is 110 cm³/mol. The van der Waals surface area contributed by atoms with E-state index in [2.05, 4.69) is 4.74 Å². The van der Waals surface area contributed by atoms with Gasteiger partial charge in [0.05, 0.1) is 5.56 Å². The van der Waals surface area contributed by atoms with Gasteiger partial charge < -0.3 is 4.74 Å². The predicted octanol–water partition coefficient (Wildman–Crippen LogP) is 8.38. The first-order chi connectivity index (χ1) is 15.2. The molecule has 0 radical (unpaired) electrons. The van der Waals surface area contributed by atoms with E-state index in [0.29, 0.717) is 29.2 Å². The van der Waals surface area contributed by atoms with Crippen LogP contribution in [0, 0.1) is 17.5 Å². The van der Waals surface area contributed by atoms with Crippen LogP contribution in [0.5, 0.6) is 5.75 Å². The molecule has 0 heterocycles. The van der Waals surface area contributed by atoms with E-state index >= 15 is 0 Å². The molecule has 0 spiro atoms. The van der Waals surface area contributed by atoms with Gasteiger partial charge in [0.15, 0.2) is 11.6 Å². The molecule has 3 aromatic carbocycles. The van der Waals surface area contributed by atoms with Gasteiger partial charge in [0, 0.05) is 0 Å². The summed E-state index contributed by atoms with van der Waals surface area (Å²) in [6.07, 6.45) is 0.859. The Kier molecular flexibility index (Phi) is 6.17. The van der Waals surface area contributed by atoms with Crippen LogP contribution >= 0.6 is 0 Å². The van der Waals surface area contributed by atoms with Crippen LogP contribution in [0.3, 0.4) is 0 Å². The van der Waals surface area contributed by atoms with E-state index in [1.807, 2.05) is 24.3 Å². The Balaban J connectivity index is 1.60. The third-order valence-electron chi connectivity index (χ3n) is 5.81. The standard InChI is InChI=1S/C25H20F6O/c26-20-12-18(10-11-23(20)32-25(29,30)31)24-21(27)13-19(14-22(24)28)17-8-6-16(7-9-17)15-4-2-1-3-5-15/h6-15H,1-5H2. The molecule has 0 aromatic heterocycles. The summed E-state index contributed by atoms with van der Waals surface area (Å²) in [5.74, 6) is -3.83. The molecule has 1 aliphatic carbocycles. The van der Waals surface area contributed by atoms with E-state index in [1.54, 1.807) is 0 Å². The Morgan fingerprint density at radius 1 is 0.656 bits per heavy atom. The summed E-state index contributed by atoms with van der Waals surface area (Å²) in [6, 6.07) is 12.1. The van der Waals surface area contributed by atoms with E-state index in [1.165, 1.54) is 24.8 Å². The largest absolute Gasteiger partial charge is 0.573 e. The number of rotatable bonds is 4. The van der Waals surface area contributed by atoms with Crippen molar-refractivity contribution in [2.75, 3.05) is 0 Å². The lowest BCUT2D eigenvalue weighted by Crippen LogP contribution is -2.17. The van der Waals surface area contributed by atoms with Gasteiger partial charge in [0.25, 0.3) is 0 Å². The van der Waals surface area contributed by atoms with Crippen molar-refractivity contribution in [2.45, 2.75) is 44.4 Å². The van der Waals surface area contributed by atoms with Crippen molar-refractivity contribution in [3.63, 3.8) is 0 Å². The van der Waals surface area contributed by atoms with E-state index in [0.717, 1.165) is 31.0 Å². The summed E-state index contributed by atoms with van der Waals surface area (Å²) in [7, 11) is 0. The molecule has 1 nitrogen and oxygen atoms in total. The van der Waals surface area contributed by atoms with Crippen molar-refractivity contribution >= 4 is 0 Å². The number of ether oxygens (including phenoxy) is 1. The molecule has 3 aromatic rings. The van der Waals surface area contributed by atoms with Crippen molar-refractivity contribution in [1.82, 2.24) is 0 Å². The van der Waals surface area contributed by atoms with Gasteiger partial charge >= 0.3 is 6.36 Å². The first-order valence-corrected chi connectivity index (χ1v) is 10.4. The number of benzene rings is 3. The van der Waals surface area contributed by atoms with Crippen molar-refractivity contribution < 1.29 is 31.1 Å². The second-order valence-electron chi connectivity index (χ2n) is 7.96. The first kappa shape index (κ1) is 22.2. The van der Waals surface area contributed by atoms with E-state index in [4.69, 9.17) is 0 Å². The summed E-state index contributed by atoms with van der Waals surface area (Å²) < 4.78 is 84.0. The Labute approximate surface area is 181 Å². The Bertz CT molecular complexity index is 1080. The molecule has 0 aliphatic heterocycles. The molecule has 0 amide bonds. The van der Waals surface area contributed by atoms with Crippen LogP contribution in [0.1, 0.15) is 43.6 Å². The van der Waals surface area contributed by atoms with Crippen LogP contribution < -0.4 is 4.74 Å². The summed E-state index contributed by atoms with van der Waals surface area (Å²) in [4.78, 5) is 0. The van der Waals surface area contributed by atoms with Crippen LogP contribution in [0.25, 0.3) is 22.3 Å². The average molecular weight is 450 g/mol. The van der Waals surface area contributed by atoms with E-state index in [9.17, 15) is 26.3 Å². The van der Waals surface area contributed by atoms with Crippen LogP contribution in [-0.4, -0.2) is 6.36 Å². The van der Waals surface area contributed by atoms with Gasteiger partial charge in [-0.3, -0.25) is 0 Å². The van der Waals surface area contributed by atoms with Gasteiger partial charge in [-0.2, -0.15) is 0 Å². The molecular weight excluding hydrogens is 430 g/mol. The molecule has 1 aliphatic rings. The fraction of sp³-hybridized carbons (Fsp3) is 0.280. The van der Waals surface area contributed by atoms with Crippen molar-refractivity contribution in [3.05, 3.63) is 77.6 Å². The minimum atomic E-state index is -5.08. The highest BCUT2D eigenvalue weighted by Crippen LogP contribution is 2.36. The average Bonchev–Trinajstić information content (AvgIpc) is 2.75. The number of hydrogen-bond donors (Lipinski definition) is 0. The normalized spacial score (nSPS) is 15.1. The Morgan fingerprint density at radius 2 is 1.22 bits per heavy atom. The maximum atomic E-state index is 14.8. The molecular formula is C25H20F6O. The summed E-state index contributed by atoms with van der Waals surface area (Å²) >= 11 is 0. The number of alkyl halides is 3. The fourth-order valence-electron chi connectivity index (χ4n) is 4.26. The zero-order valence-corrected chi connectivity index (χ0v) is 17.0. The van der Waals surface area contributed by atoms with Gasteiger partial charge in [-0.05, 0) is 65.3 Å². The van der Waals surface area contributed by atoms with E-state index < -0.39 is 35.1 Å². The highest BCUT2D eigenvalue weighted by atomic mass is 19.4. The lowest BCUT2D eigenvalue weighted by molar-refractivity contribution is -0.275. The SMILES string of the molecule is Fc1cc(-c2c(F)cc(-c3ccc(C4CCCCC4)cc3)cc2F)ccc1OC(F)(F)F. The first-order valence-electron chi connectivity index (χ1n) is 10.4. The topological polar surface area (TPSA) is 9.23 Å². The Morgan fingerprint density at radius 3 is 1.78 bits per heavy atom. The smallest absolute Gasteiger partial charge is 0.403 e. The van der Waals surface area contributed by atoms with Crippen molar-refractivity contribution in [3.8, 4) is 28.0 Å². The second kappa shape index (κ2) is 8.88. The molecule has 0 N–H and O–H groups in total. The zero-order chi connectivity index (χ0) is 22.9. The fourth-order valence-corrected chi connectivity index (χ4v) is 4.26. The van der Waals surface area contributed by atoms with Crippen LogP contribution in [-0.2, 0) is 0 Å². The highest BCUT2D eigenvalue weighted by Gasteiger charge is 2.32. The number of hydrogen-bond acceptors (Lipinski definition) is 1. The maximum Gasteiger partial charge on any atom is 0.573 e. The summed E-state index contributed by atoms with van der Waals surface area (Å²) in [6.45, 7) is 0. The third kappa shape index (κ3) is 4.92. The zero-order valence-electron chi connectivity index (χ0n) is 17.0.